The molecular formula is C25H28N2O3. The molecule has 0 fully saturated rings. The van der Waals surface area contributed by atoms with Crippen LogP contribution in [0.4, 0.5) is 17.1 Å². The summed E-state index contributed by atoms with van der Waals surface area (Å²) in [5.41, 5.74) is 3.75. The molecular weight excluding hydrogens is 376 g/mol. The topological polar surface area (TPSA) is 50.8 Å². The highest BCUT2D eigenvalue weighted by atomic mass is 16.5. The van der Waals surface area contributed by atoms with E-state index in [1.54, 1.807) is 14.2 Å². The van der Waals surface area contributed by atoms with Crippen LogP contribution in [0, 0.1) is 0 Å². The van der Waals surface area contributed by atoms with Gasteiger partial charge in [0.05, 0.1) is 20.6 Å². The van der Waals surface area contributed by atoms with Crippen molar-refractivity contribution in [1.29, 1.82) is 0 Å². The molecule has 0 saturated heterocycles. The Kier molecular flexibility index (Phi) is 6.96. The van der Waals surface area contributed by atoms with Crippen molar-refractivity contribution >= 4 is 23.0 Å². The van der Waals surface area contributed by atoms with E-state index in [-0.39, 0.29) is 18.4 Å². The van der Waals surface area contributed by atoms with Gasteiger partial charge in [-0.15, -0.1) is 0 Å². The molecule has 5 nitrogen and oxygen atoms in total. The second kappa shape index (κ2) is 9.83. The first-order valence-corrected chi connectivity index (χ1v) is 9.97. The Morgan fingerprint density at radius 3 is 2.10 bits per heavy atom. The van der Waals surface area contributed by atoms with Gasteiger partial charge in [0.2, 0.25) is 5.91 Å². The summed E-state index contributed by atoms with van der Waals surface area (Å²) in [6, 6.07) is 23.5. The van der Waals surface area contributed by atoms with E-state index in [4.69, 9.17) is 9.47 Å². The van der Waals surface area contributed by atoms with Crippen molar-refractivity contribution in [2.45, 2.75) is 26.3 Å². The van der Waals surface area contributed by atoms with Gasteiger partial charge in [-0.3, -0.25) is 4.79 Å². The first kappa shape index (κ1) is 21.2. The van der Waals surface area contributed by atoms with Crippen LogP contribution in [0.1, 0.15) is 19.4 Å². The van der Waals surface area contributed by atoms with E-state index >= 15 is 0 Å². The number of ether oxygens (including phenoxy) is 2. The second-order valence-electron chi connectivity index (χ2n) is 7.26. The number of anilines is 3. The van der Waals surface area contributed by atoms with Crippen molar-refractivity contribution in [3.63, 3.8) is 0 Å². The lowest BCUT2D eigenvalue weighted by Crippen LogP contribution is -2.38. The largest absolute Gasteiger partial charge is 0.493 e. The first-order valence-electron chi connectivity index (χ1n) is 9.97. The van der Waals surface area contributed by atoms with Crippen LogP contribution in [0.25, 0.3) is 0 Å². The normalized spacial score (nSPS) is 10.6. The second-order valence-corrected chi connectivity index (χ2v) is 7.26. The molecule has 30 heavy (non-hydrogen) atoms. The summed E-state index contributed by atoms with van der Waals surface area (Å²) in [7, 11) is 3.19. The molecule has 1 N–H and O–H groups in total. The Labute approximate surface area is 178 Å². The molecule has 0 radical (unpaired) electrons. The zero-order valence-corrected chi connectivity index (χ0v) is 17.9. The molecule has 0 spiro atoms. The lowest BCUT2D eigenvalue weighted by molar-refractivity contribution is -0.118. The minimum atomic E-state index is 0.0287. The fourth-order valence-corrected chi connectivity index (χ4v) is 3.37. The van der Waals surface area contributed by atoms with Crippen molar-refractivity contribution in [2.24, 2.45) is 0 Å². The summed E-state index contributed by atoms with van der Waals surface area (Å²) in [5, 5.41) is 3.36. The van der Waals surface area contributed by atoms with Crippen LogP contribution in [0.15, 0.2) is 72.8 Å². The highest BCUT2D eigenvalue weighted by Crippen LogP contribution is 2.29. The van der Waals surface area contributed by atoms with Gasteiger partial charge < -0.3 is 19.7 Å². The maximum absolute atomic E-state index is 13.1. The Balaban J connectivity index is 1.75. The maximum atomic E-state index is 13.1. The number of carbonyl (C=O) groups excluding carboxylic acids is 1. The molecule has 0 aromatic heterocycles. The van der Waals surface area contributed by atoms with Gasteiger partial charge in [-0.1, -0.05) is 24.3 Å². The van der Waals surface area contributed by atoms with Crippen LogP contribution >= 0.6 is 0 Å². The number of amides is 1. The summed E-state index contributed by atoms with van der Waals surface area (Å²) in [6.45, 7) is 4.03. The smallest absolute Gasteiger partial charge is 0.231 e. The van der Waals surface area contributed by atoms with Gasteiger partial charge >= 0.3 is 0 Å². The van der Waals surface area contributed by atoms with E-state index < -0.39 is 0 Å². The molecule has 1 amide bonds. The van der Waals surface area contributed by atoms with E-state index in [0.717, 1.165) is 22.6 Å². The number of hydrogen-bond donors (Lipinski definition) is 1. The number of benzene rings is 3. The molecule has 0 bridgehead atoms. The summed E-state index contributed by atoms with van der Waals surface area (Å²) in [6.07, 6.45) is 0.280. The molecule has 3 rings (SSSR count). The van der Waals surface area contributed by atoms with Crippen molar-refractivity contribution in [1.82, 2.24) is 0 Å². The quantitative estimate of drug-likeness (QED) is 0.544. The monoisotopic (exact) mass is 404 g/mol. The summed E-state index contributed by atoms with van der Waals surface area (Å²) in [4.78, 5) is 14.9. The van der Waals surface area contributed by atoms with Gasteiger partial charge in [0.1, 0.15) is 0 Å². The minimum absolute atomic E-state index is 0.0287. The molecule has 0 aliphatic carbocycles. The van der Waals surface area contributed by atoms with Gasteiger partial charge in [0, 0.05) is 23.1 Å². The molecule has 5 heteroatoms. The van der Waals surface area contributed by atoms with Crippen LogP contribution in [-0.4, -0.2) is 26.2 Å². The number of rotatable bonds is 8. The van der Waals surface area contributed by atoms with Crippen LogP contribution in [0.5, 0.6) is 11.5 Å². The Bertz CT molecular complexity index is 969. The highest BCUT2D eigenvalue weighted by molar-refractivity contribution is 5.95. The van der Waals surface area contributed by atoms with Crippen LogP contribution in [0.3, 0.4) is 0 Å². The molecule has 156 valence electrons. The predicted molar refractivity (Wildman–Crippen MR) is 122 cm³/mol. The van der Waals surface area contributed by atoms with Crippen molar-refractivity contribution in [3.8, 4) is 11.5 Å². The third kappa shape index (κ3) is 5.11. The van der Waals surface area contributed by atoms with E-state index in [2.05, 4.69) is 5.32 Å². The van der Waals surface area contributed by atoms with Crippen LogP contribution in [0.2, 0.25) is 0 Å². The molecule has 0 aliphatic heterocycles. The molecule has 3 aromatic carbocycles. The van der Waals surface area contributed by atoms with E-state index in [1.165, 1.54) is 0 Å². The number of hydrogen-bond acceptors (Lipinski definition) is 4. The molecule has 0 aliphatic rings. The van der Waals surface area contributed by atoms with E-state index in [1.807, 2.05) is 91.5 Å². The number of carbonyl (C=O) groups is 1. The molecule has 3 aromatic rings. The SMILES string of the molecule is COc1ccc(CC(=O)N(c2ccc(Nc3ccccc3)cc2)C(C)C)cc1OC. The van der Waals surface area contributed by atoms with E-state index in [0.29, 0.717) is 11.5 Å². The fraction of sp³-hybridized carbons (Fsp3) is 0.240. The zero-order valence-electron chi connectivity index (χ0n) is 17.9. The van der Waals surface area contributed by atoms with Gasteiger partial charge in [0.15, 0.2) is 11.5 Å². The van der Waals surface area contributed by atoms with Crippen molar-refractivity contribution in [3.05, 3.63) is 78.4 Å². The van der Waals surface area contributed by atoms with Gasteiger partial charge in [0.25, 0.3) is 0 Å². The Morgan fingerprint density at radius 2 is 1.50 bits per heavy atom. The number of nitrogens with one attached hydrogen (secondary N) is 1. The van der Waals surface area contributed by atoms with Gasteiger partial charge in [-0.05, 0) is 67.9 Å². The molecule has 0 unspecified atom stereocenters. The van der Waals surface area contributed by atoms with E-state index in [9.17, 15) is 4.79 Å². The third-order valence-corrected chi connectivity index (χ3v) is 4.80. The van der Waals surface area contributed by atoms with Gasteiger partial charge in [-0.25, -0.2) is 0 Å². The molecule has 0 atom stereocenters. The Hall–Kier alpha value is -3.47. The first-order chi connectivity index (χ1) is 14.5. The van der Waals surface area contributed by atoms with Crippen molar-refractivity contribution < 1.29 is 14.3 Å². The molecule has 0 heterocycles. The highest BCUT2D eigenvalue weighted by Gasteiger charge is 2.20. The lowest BCUT2D eigenvalue weighted by Gasteiger charge is -2.27. The average molecular weight is 405 g/mol. The Morgan fingerprint density at radius 1 is 0.867 bits per heavy atom. The van der Waals surface area contributed by atoms with Gasteiger partial charge in [-0.2, -0.15) is 0 Å². The average Bonchev–Trinajstić information content (AvgIpc) is 2.75. The summed E-state index contributed by atoms with van der Waals surface area (Å²) < 4.78 is 10.6. The predicted octanol–water partition coefficient (Wildman–Crippen LogP) is 5.43. The third-order valence-electron chi connectivity index (χ3n) is 4.80. The molecule has 0 saturated carbocycles. The fourth-order valence-electron chi connectivity index (χ4n) is 3.37. The van der Waals surface area contributed by atoms with Crippen molar-refractivity contribution in [2.75, 3.05) is 24.4 Å². The number of methoxy groups -OCH3 is 2. The maximum Gasteiger partial charge on any atom is 0.231 e. The lowest BCUT2D eigenvalue weighted by atomic mass is 10.1. The van der Waals surface area contributed by atoms with Crippen LogP contribution in [-0.2, 0) is 11.2 Å². The standard InChI is InChI=1S/C25H28N2O3/c1-18(2)27(25(28)17-19-10-15-23(29-3)24(16-19)30-4)22-13-11-21(12-14-22)26-20-8-6-5-7-9-20/h5-16,18,26H,17H2,1-4H3. The number of nitrogens with zero attached hydrogens (tertiary/aromatic N) is 1. The minimum Gasteiger partial charge on any atom is -0.493 e. The zero-order chi connectivity index (χ0) is 21.5. The summed E-state index contributed by atoms with van der Waals surface area (Å²) in [5.74, 6) is 1.30. The number of para-hydroxylation sites is 1. The summed E-state index contributed by atoms with van der Waals surface area (Å²) >= 11 is 0. The van der Waals surface area contributed by atoms with Crippen LogP contribution < -0.4 is 19.7 Å².